The molecule has 0 unspecified atom stereocenters. The summed E-state index contributed by atoms with van der Waals surface area (Å²) in [5.41, 5.74) is 2.49. The van der Waals surface area contributed by atoms with Crippen molar-refractivity contribution in [1.82, 2.24) is 0 Å². The molecule has 2 N–H and O–H groups in total. The first kappa shape index (κ1) is 20.1. The Hall–Kier alpha value is -1.22. The molecule has 7 nitrogen and oxygen atoms in total. The van der Waals surface area contributed by atoms with E-state index >= 15 is 0 Å². The number of esters is 1. The van der Waals surface area contributed by atoms with Crippen LogP contribution < -0.4 is 0 Å². The molecule has 0 aromatic rings. The number of allylic oxidation sites excluding steroid dienone is 3. The number of aliphatic hydroxyl groups is 1. The molecule has 0 radical (unpaired) electrons. The summed E-state index contributed by atoms with van der Waals surface area (Å²) in [5.74, 6) is -0.0619. The molecule has 5 atom stereocenters. The summed E-state index contributed by atoms with van der Waals surface area (Å²) in [4.78, 5) is 12.0. The number of cyclic esters (lactones) is 1. The minimum atomic E-state index is -4.57. The maximum absolute atomic E-state index is 12.0. The normalized spacial score (nSPS) is 40.8. The van der Waals surface area contributed by atoms with E-state index in [9.17, 15) is 18.3 Å². The number of hydrogen-bond acceptors (Lipinski definition) is 6. The van der Waals surface area contributed by atoms with Crippen LogP contribution in [0.3, 0.4) is 0 Å². The highest BCUT2D eigenvalue weighted by atomic mass is 32.3. The van der Waals surface area contributed by atoms with Crippen molar-refractivity contribution >= 4 is 16.4 Å². The van der Waals surface area contributed by atoms with Crippen molar-refractivity contribution in [2.24, 2.45) is 22.7 Å². The summed E-state index contributed by atoms with van der Waals surface area (Å²) in [5, 5.41) is 10.8. The first-order valence-corrected chi connectivity index (χ1v) is 11.3. The zero-order valence-electron chi connectivity index (χ0n) is 16.3. The van der Waals surface area contributed by atoms with Crippen LogP contribution in [0.4, 0.5) is 0 Å². The second kappa shape index (κ2) is 6.65. The highest BCUT2D eigenvalue weighted by molar-refractivity contribution is 7.80. The molecule has 0 aromatic heterocycles. The van der Waals surface area contributed by atoms with Crippen molar-refractivity contribution in [2.75, 3.05) is 13.2 Å². The zero-order chi connectivity index (χ0) is 20.3. The van der Waals surface area contributed by atoms with Crippen LogP contribution in [0.25, 0.3) is 0 Å². The van der Waals surface area contributed by atoms with E-state index < -0.39 is 21.9 Å². The molecule has 0 spiro atoms. The van der Waals surface area contributed by atoms with Crippen LogP contribution in [-0.4, -0.2) is 43.4 Å². The van der Waals surface area contributed by atoms with Gasteiger partial charge in [-0.25, -0.2) is 8.98 Å². The minimum absolute atomic E-state index is 0.0209. The van der Waals surface area contributed by atoms with Gasteiger partial charge in [0.25, 0.3) is 0 Å². The maximum atomic E-state index is 12.0. The van der Waals surface area contributed by atoms with Gasteiger partial charge in [-0.2, -0.15) is 8.42 Å². The SMILES string of the molecule is C[C@@]1(COS(=O)(=O)O)[C@H](O)CC[C@@]2(C)C3=C(CC[C@H]12)C[C@@H]1COC(=O)C1=CC3. The molecule has 4 rings (SSSR count). The van der Waals surface area contributed by atoms with Crippen molar-refractivity contribution in [2.45, 2.75) is 58.5 Å². The fourth-order valence-electron chi connectivity index (χ4n) is 6.23. The molecular weight excluding hydrogens is 384 g/mol. The van der Waals surface area contributed by atoms with Gasteiger partial charge in [0.15, 0.2) is 0 Å². The molecule has 28 heavy (non-hydrogen) atoms. The molecule has 1 aliphatic heterocycles. The number of hydrogen-bond donors (Lipinski definition) is 2. The Kier molecular flexibility index (Phi) is 4.77. The lowest BCUT2D eigenvalue weighted by atomic mass is 9.48. The Morgan fingerprint density at radius 2 is 2.07 bits per heavy atom. The van der Waals surface area contributed by atoms with E-state index in [2.05, 4.69) is 6.92 Å². The number of rotatable bonds is 3. The number of ether oxygens (including phenoxy) is 1. The fourth-order valence-corrected chi connectivity index (χ4v) is 6.63. The van der Waals surface area contributed by atoms with Gasteiger partial charge in [0.1, 0.15) is 0 Å². The topological polar surface area (TPSA) is 110 Å². The summed E-state index contributed by atoms with van der Waals surface area (Å²) in [6.45, 7) is 4.26. The van der Waals surface area contributed by atoms with Gasteiger partial charge in [-0.3, -0.25) is 4.55 Å². The lowest BCUT2D eigenvalue weighted by molar-refractivity contribution is -0.135. The number of fused-ring (bicyclic) bond motifs is 3. The highest BCUT2D eigenvalue weighted by Gasteiger charge is 2.57. The first-order valence-electron chi connectivity index (χ1n) is 9.93. The van der Waals surface area contributed by atoms with Gasteiger partial charge >= 0.3 is 16.4 Å². The summed E-state index contributed by atoms with van der Waals surface area (Å²) < 4.78 is 41.4. The van der Waals surface area contributed by atoms with Crippen LogP contribution in [0.2, 0.25) is 0 Å². The minimum Gasteiger partial charge on any atom is -0.462 e. The summed E-state index contributed by atoms with van der Waals surface area (Å²) in [6, 6.07) is 0. The van der Waals surface area contributed by atoms with Gasteiger partial charge in [0, 0.05) is 16.9 Å². The molecule has 1 saturated heterocycles. The monoisotopic (exact) mass is 412 g/mol. The van der Waals surface area contributed by atoms with E-state index in [1.54, 1.807) is 0 Å². The molecule has 3 aliphatic carbocycles. The molecular formula is C20H28O7S. The molecule has 8 heteroatoms. The van der Waals surface area contributed by atoms with Gasteiger partial charge in [-0.1, -0.05) is 31.1 Å². The third kappa shape index (κ3) is 3.14. The van der Waals surface area contributed by atoms with Crippen molar-refractivity contribution in [3.8, 4) is 0 Å². The third-order valence-corrected chi connectivity index (χ3v) is 8.16. The molecule has 2 fully saturated rings. The average Bonchev–Trinajstić information content (AvgIpc) is 2.84. The summed E-state index contributed by atoms with van der Waals surface area (Å²) in [7, 11) is -4.57. The van der Waals surface area contributed by atoms with Crippen molar-refractivity contribution < 1.29 is 31.8 Å². The lowest BCUT2D eigenvalue weighted by Gasteiger charge is -2.57. The van der Waals surface area contributed by atoms with Crippen molar-refractivity contribution in [1.29, 1.82) is 0 Å². The number of aliphatic hydroxyl groups excluding tert-OH is 1. The number of carbonyl (C=O) groups excluding carboxylic acids is 1. The largest absolute Gasteiger partial charge is 0.462 e. The van der Waals surface area contributed by atoms with Crippen LogP contribution >= 0.6 is 0 Å². The Labute approximate surface area is 165 Å². The van der Waals surface area contributed by atoms with E-state index in [1.165, 1.54) is 11.1 Å². The molecule has 4 aliphatic rings. The Morgan fingerprint density at radius 1 is 1.32 bits per heavy atom. The summed E-state index contributed by atoms with van der Waals surface area (Å²) >= 11 is 0. The van der Waals surface area contributed by atoms with Crippen LogP contribution in [0.15, 0.2) is 22.8 Å². The van der Waals surface area contributed by atoms with Crippen molar-refractivity contribution in [3.05, 3.63) is 22.8 Å². The molecule has 156 valence electrons. The van der Waals surface area contributed by atoms with Gasteiger partial charge < -0.3 is 9.84 Å². The van der Waals surface area contributed by atoms with Gasteiger partial charge in [-0.05, 0) is 49.9 Å². The molecule has 1 heterocycles. The molecule has 1 saturated carbocycles. The van der Waals surface area contributed by atoms with E-state index in [0.717, 1.165) is 31.3 Å². The standard InChI is InChI=1S/C20H28O7S/c1-19-8-7-17(21)20(2,11-27-28(23,24)25)16(19)6-3-12-9-13-10-26-18(22)14(13)4-5-15(12)19/h4,13,16-17,21H,3,5-11H2,1-2H3,(H,23,24,25)/t13-,16+,17-,19+,20+/m1/s1. The van der Waals surface area contributed by atoms with E-state index in [4.69, 9.17) is 13.5 Å². The predicted octanol–water partition coefficient (Wildman–Crippen LogP) is 2.57. The van der Waals surface area contributed by atoms with Gasteiger partial charge in [0.05, 0.1) is 19.3 Å². The second-order valence-corrected chi connectivity index (χ2v) is 10.3. The lowest BCUT2D eigenvalue weighted by Crippen LogP contribution is -2.55. The molecule has 0 amide bonds. The molecule has 0 aromatic carbocycles. The Bertz CT molecular complexity index is 858. The Balaban J connectivity index is 1.68. The van der Waals surface area contributed by atoms with E-state index in [-0.39, 0.29) is 29.8 Å². The second-order valence-electron chi connectivity index (χ2n) is 9.20. The summed E-state index contributed by atoms with van der Waals surface area (Å²) in [6.07, 6.45) is 5.84. The van der Waals surface area contributed by atoms with Gasteiger partial charge in [-0.15, -0.1) is 0 Å². The maximum Gasteiger partial charge on any atom is 0.397 e. The quantitative estimate of drug-likeness (QED) is 0.416. The van der Waals surface area contributed by atoms with E-state index in [0.29, 0.717) is 19.4 Å². The first-order chi connectivity index (χ1) is 13.0. The average molecular weight is 413 g/mol. The smallest absolute Gasteiger partial charge is 0.397 e. The van der Waals surface area contributed by atoms with Crippen LogP contribution in [0.1, 0.15) is 52.4 Å². The Morgan fingerprint density at radius 3 is 2.79 bits per heavy atom. The van der Waals surface area contributed by atoms with Crippen molar-refractivity contribution in [3.63, 3.8) is 0 Å². The molecule has 0 bridgehead atoms. The van der Waals surface area contributed by atoms with E-state index in [1.807, 2.05) is 13.0 Å². The van der Waals surface area contributed by atoms with Crippen LogP contribution in [-0.2, 0) is 24.1 Å². The van der Waals surface area contributed by atoms with Crippen LogP contribution in [0.5, 0.6) is 0 Å². The van der Waals surface area contributed by atoms with Gasteiger partial charge in [0.2, 0.25) is 0 Å². The zero-order valence-corrected chi connectivity index (χ0v) is 17.1. The predicted molar refractivity (Wildman–Crippen MR) is 100 cm³/mol. The highest BCUT2D eigenvalue weighted by Crippen LogP contribution is 2.61. The third-order valence-electron chi connectivity index (χ3n) is 7.74. The number of carbonyl (C=O) groups is 1. The fraction of sp³-hybridized carbons (Fsp3) is 0.750. The van der Waals surface area contributed by atoms with Crippen LogP contribution in [0, 0.1) is 22.7 Å².